The van der Waals surface area contributed by atoms with Crippen molar-refractivity contribution in [1.29, 1.82) is 0 Å². The van der Waals surface area contributed by atoms with Crippen molar-refractivity contribution in [3.63, 3.8) is 0 Å². The molecule has 6 nitrogen and oxygen atoms in total. The first-order valence-electron chi connectivity index (χ1n) is 9.42. The summed E-state index contributed by atoms with van der Waals surface area (Å²) in [4.78, 5) is 24.7. The molecule has 1 aliphatic heterocycles. The third-order valence-corrected chi connectivity index (χ3v) is 5.23. The van der Waals surface area contributed by atoms with Gasteiger partial charge in [-0.25, -0.2) is 0 Å². The molecule has 0 unspecified atom stereocenters. The molecule has 3 aromatic carbocycles. The van der Waals surface area contributed by atoms with Crippen LogP contribution in [0.5, 0.6) is 17.2 Å². The van der Waals surface area contributed by atoms with Crippen LogP contribution in [0, 0.1) is 0 Å². The van der Waals surface area contributed by atoms with Gasteiger partial charge >= 0.3 is 0 Å². The minimum absolute atomic E-state index is 0.420. The summed E-state index contributed by atoms with van der Waals surface area (Å²) in [5.74, 6) is 0.838. The highest BCUT2D eigenvalue weighted by Gasteiger charge is 2.32. The van der Waals surface area contributed by atoms with Gasteiger partial charge in [-0.3, -0.25) is 9.59 Å². The van der Waals surface area contributed by atoms with Crippen LogP contribution < -0.4 is 19.5 Å². The summed E-state index contributed by atoms with van der Waals surface area (Å²) in [7, 11) is 4.77. The Morgan fingerprint density at radius 2 is 1.53 bits per heavy atom. The molecule has 4 rings (SSSR count). The number of Topliss-reactive ketones (excluding diaryl/α,β-unsaturated/α-hetero) is 1. The van der Waals surface area contributed by atoms with Gasteiger partial charge in [0.2, 0.25) is 0 Å². The summed E-state index contributed by atoms with van der Waals surface area (Å²) < 4.78 is 16.0. The Kier molecular flexibility index (Phi) is 5.14. The topological polar surface area (TPSA) is 73.9 Å². The predicted molar refractivity (Wildman–Crippen MR) is 114 cm³/mol. The Morgan fingerprint density at radius 3 is 2.20 bits per heavy atom. The summed E-state index contributed by atoms with van der Waals surface area (Å²) in [5.41, 5.74) is 4.47. The van der Waals surface area contributed by atoms with Gasteiger partial charge in [-0.2, -0.15) is 0 Å². The van der Waals surface area contributed by atoms with E-state index in [1.165, 1.54) is 0 Å². The fourth-order valence-corrected chi connectivity index (χ4v) is 3.71. The van der Waals surface area contributed by atoms with Crippen molar-refractivity contribution in [2.75, 3.05) is 26.6 Å². The van der Waals surface area contributed by atoms with E-state index in [2.05, 4.69) is 5.32 Å². The van der Waals surface area contributed by atoms with E-state index in [4.69, 9.17) is 14.2 Å². The fourth-order valence-electron chi connectivity index (χ4n) is 3.71. The summed E-state index contributed by atoms with van der Waals surface area (Å²) >= 11 is 0. The van der Waals surface area contributed by atoms with E-state index in [1.54, 1.807) is 27.4 Å². The van der Waals surface area contributed by atoms with Crippen LogP contribution in [0.1, 0.15) is 21.5 Å². The molecule has 1 heterocycles. The third kappa shape index (κ3) is 3.37. The second kappa shape index (κ2) is 7.91. The molecule has 1 amide bonds. The molecule has 0 bridgehead atoms. The molecular weight excluding hydrogens is 382 g/mol. The number of rotatable bonds is 6. The maximum Gasteiger partial charge on any atom is 0.296 e. The van der Waals surface area contributed by atoms with Crippen molar-refractivity contribution in [3.05, 3.63) is 71.3 Å². The number of hydrogen-bond donors (Lipinski definition) is 1. The molecule has 1 N–H and O–H groups in total. The quantitative estimate of drug-likeness (QED) is 0.627. The highest BCUT2D eigenvalue weighted by atomic mass is 16.5. The predicted octanol–water partition coefficient (Wildman–Crippen LogP) is 4.11. The van der Waals surface area contributed by atoms with Crippen molar-refractivity contribution >= 4 is 17.4 Å². The van der Waals surface area contributed by atoms with Crippen molar-refractivity contribution in [2.45, 2.75) is 6.42 Å². The number of ketones is 1. The molecule has 3 aromatic rings. The average molecular weight is 403 g/mol. The second-order valence-corrected chi connectivity index (χ2v) is 6.89. The van der Waals surface area contributed by atoms with E-state index in [9.17, 15) is 9.59 Å². The minimum Gasteiger partial charge on any atom is -0.497 e. The minimum atomic E-state index is -0.606. The molecule has 0 aromatic heterocycles. The lowest BCUT2D eigenvalue weighted by Crippen LogP contribution is -2.13. The lowest BCUT2D eigenvalue weighted by Gasteiger charge is -2.16. The van der Waals surface area contributed by atoms with Crippen LogP contribution in [0.25, 0.3) is 11.1 Å². The number of carbonyl (C=O) groups excluding carboxylic acids is 2. The van der Waals surface area contributed by atoms with Gasteiger partial charge in [0.25, 0.3) is 11.7 Å². The van der Waals surface area contributed by atoms with Crippen molar-refractivity contribution in [1.82, 2.24) is 0 Å². The Balaban J connectivity index is 1.87. The van der Waals surface area contributed by atoms with E-state index < -0.39 is 11.7 Å². The Labute approximate surface area is 174 Å². The van der Waals surface area contributed by atoms with Crippen LogP contribution in [0.15, 0.2) is 54.6 Å². The second-order valence-electron chi connectivity index (χ2n) is 6.89. The zero-order valence-electron chi connectivity index (χ0n) is 16.9. The zero-order valence-corrected chi connectivity index (χ0v) is 16.9. The monoisotopic (exact) mass is 403 g/mol. The van der Waals surface area contributed by atoms with Crippen LogP contribution in [-0.4, -0.2) is 33.0 Å². The molecule has 0 aliphatic carbocycles. The van der Waals surface area contributed by atoms with Crippen molar-refractivity contribution in [3.8, 4) is 28.4 Å². The molecule has 0 saturated carbocycles. The van der Waals surface area contributed by atoms with Crippen LogP contribution in [-0.2, 0) is 11.2 Å². The molecule has 30 heavy (non-hydrogen) atoms. The summed E-state index contributed by atoms with van der Waals surface area (Å²) in [6.07, 6.45) is 0.484. The Morgan fingerprint density at radius 1 is 0.800 bits per heavy atom. The number of nitrogens with one attached hydrogen (secondary N) is 1. The van der Waals surface area contributed by atoms with Gasteiger partial charge in [0.15, 0.2) is 11.5 Å². The van der Waals surface area contributed by atoms with Gasteiger partial charge in [-0.15, -0.1) is 0 Å². The first-order chi connectivity index (χ1) is 14.5. The maximum absolute atomic E-state index is 12.6. The number of ether oxygens (including phenoxy) is 3. The van der Waals surface area contributed by atoms with Crippen molar-refractivity contribution in [2.24, 2.45) is 0 Å². The molecular formula is C24H21NO5. The number of anilines is 1. The Bertz CT molecular complexity index is 1140. The molecule has 0 spiro atoms. The van der Waals surface area contributed by atoms with Gasteiger partial charge in [-0.05, 0) is 59.0 Å². The van der Waals surface area contributed by atoms with Crippen molar-refractivity contribution < 1.29 is 23.8 Å². The molecule has 0 radical (unpaired) electrons. The van der Waals surface area contributed by atoms with E-state index in [-0.39, 0.29) is 0 Å². The normalized spacial score (nSPS) is 12.4. The number of benzene rings is 3. The van der Waals surface area contributed by atoms with Gasteiger partial charge in [-0.1, -0.05) is 24.3 Å². The fraction of sp³-hybridized carbons (Fsp3) is 0.167. The number of carbonyl (C=O) groups is 2. The lowest BCUT2D eigenvalue weighted by molar-refractivity contribution is -0.112. The summed E-state index contributed by atoms with van der Waals surface area (Å²) in [5, 5.41) is 2.66. The SMILES string of the molecule is COc1ccc(Cc2c(-c3ccc(OC)c(OC)c3)ccc3c2C(=O)C(=O)N3)cc1. The van der Waals surface area contributed by atoms with E-state index in [0.717, 1.165) is 28.0 Å². The number of hydrogen-bond acceptors (Lipinski definition) is 5. The van der Waals surface area contributed by atoms with E-state index >= 15 is 0 Å². The van der Waals surface area contributed by atoms with Gasteiger partial charge in [0.1, 0.15) is 5.75 Å². The first kappa shape index (κ1) is 19.5. The number of amides is 1. The largest absolute Gasteiger partial charge is 0.497 e. The smallest absolute Gasteiger partial charge is 0.296 e. The van der Waals surface area contributed by atoms with Gasteiger partial charge in [0.05, 0.1) is 32.6 Å². The molecule has 1 aliphatic rings. The molecule has 0 fully saturated rings. The van der Waals surface area contributed by atoms with E-state index in [1.807, 2.05) is 48.5 Å². The third-order valence-electron chi connectivity index (χ3n) is 5.23. The molecule has 6 heteroatoms. The highest BCUT2D eigenvalue weighted by molar-refractivity contribution is 6.52. The Hall–Kier alpha value is -3.80. The number of methoxy groups -OCH3 is 3. The standard InChI is InChI=1S/C24H21NO5/c1-28-16-7-4-14(5-8-16)12-18-17(9-10-19-22(18)23(26)24(27)25-19)15-6-11-20(29-2)21(13-15)30-3/h4-11,13H,12H2,1-3H3,(H,25,26,27). The van der Waals surface area contributed by atoms with Crippen LogP contribution in [0.2, 0.25) is 0 Å². The van der Waals surface area contributed by atoms with Gasteiger partial charge in [0, 0.05) is 0 Å². The lowest BCUT2D eigenvalue weighted by atomic mass is 9.89. The van der Waals surface area contributed by atoms with Crippen LogP contribution in [0.4, 0.5) is 5.69 Å². The molecule has 0 saturated heterocycles. The maximum atomic E-state index is 12.6. The van der Waals surface area contributed by atoms with Crippen LogP contribution in [0.3, 0.4) is 0 Å². The average Bonchev–Trinajstić information content (AvgIpc) is 3.08. The summed E-state index contributed by atoms with van der Waals surface area (Å²) in [6, 6.07) is 16.9. The van der Waals surface area contributed by atoms with Crippen LogP contribution >= 0.6 is 0 Å². The highest BCUT2D eigenvalue weighted by Crippen LogP contribution is 2.39. The number of fused-ring (bicyclic) bond motifs is 1. The summed E-state index contributed by atoms with van der Waals surface area (Å²) in [6.45, 7) is 0. The zero-order chi connectivity index (χ0) is 21.3. The first-order valence-corrected chi connectivity index (χ1v) is 9.42. The molecule has 0 atom stereocenters. The van der Waals surface area contributed by atoms with E-state index in [0.29, 0.717) is 29.2 Å². The van der Waals surface area contributed by atoms with Gasteiger partial charge < -0.3 is 19.5 Å². The molecule has 152 valence electrons.